The Morgan fingerprint density at radius 3 is 2.54 bits per heavy atom. The lowest BCUT2D eigenvalue weighted by atomic mass is 10.2. The average Bonchev–Trinajstić information content (AvgIpc) is 2.48. The third kappa shape index (κ3) is 2.14. The van der Waals surface area contributed by atoms with Gasteiger partial charge in [0.2, 0.25) is 0 Å². The second-order valence-corrected chi connectivity index (χ2v) is 2.84. The number of aryl methyl sites for hydroxylation is 1. The van der Waals surface area contributed by atoms with Crippen molar-refractivity contribution in [1.82, 2.24) is 0 Å². The molecule has 0 fully saturated rings. The smallest absolute Gasteiger partial charge is 0.310 e. The fourth-order valence-corrected chi connectivity index (χ4v) is 0.906. The van der Waals surface area contributed by atoms with E-state index in [0.717, 1.165) is 0 Å². The molecule has 1 heterocycles. The van der Waals surface area contributed by atoms with E-state index in [9.17, 15) is 13.6 Å². The van der Waals surface area contributed by atoms with Crippen LogP contribution in [0.4, 0.5) is 8.78 Å². The molecule has 4 heteroatoms. The van der Waals surface area contributed by atoms with Crippen LogP contribution in [0.5, 0.6) is 0 Å². The average molecular weight is 188 g/mol. The van der Waals surface area contributed by atoms with Gasteiger partial charge in [0.15, 0.2) is 5.76 Å². The molecule has 0 aliphatic carbocycles. The molecule has 0 spiro atoms. The first-order valence-corrected chi connectivity index (χ1v) is 3.96. The number of rotatable bonds is 3. The Kier molecular flexibility index (Phi) is 2.50. The van der Waals surface area contributed by atoms with Crippen LogP contribution in [0, 0.1) is 0 Å². The molecule has 0 aliphatic heterocycles. The lowest BCUT2D eigenvalue weighted by Crippen LogP contribution is -2.23. The van der Waals surface area contributed by atoms with Crippen LogP contribution in [0.3, 0.4) is 0 Å². The number of carbonyl (C=O) groups excluding carboxylic acids is 1. The zero-order chi connectivity index (χ0) is 10.1. The molecule has 13 heavy (non-hydrogen) atoms. The van der Waals surface area contributed by atoms with Crippen molar-refractivity contribution >= 4 is 5.78 Å². The molecule has 1 aromatic rings. The number of alkyl halides is 2. The van der Waals surface area contributed by atoms with E-state index < -0.39 is 11.7 Å². The highest BCUT2D eigenvalue weighted by molar-refractivity contribution is 5.98. The minimum atomic E-state index is -3.36. The van der Waals surface area contributed by atoms with Crippen molar-refractivity contribution in [3.8, 4) is 0 Å². The first-order chi connectivity index (χ1) is 5.95. The maximum atomic E-state index is 12.5. The standard InChI is InChI=1S/C9H10F2O2/c1-3-6-4-5-7(13-6)8(12)9(2,10)11/h4-5H,3H2,1-2H3. The SMILES string of the molecule is CCc1ccc(C(=O)C(C)(F)F)o1. The summed E-state index contributed by atoms with van der Waals surface area (Å²) in [5.41, 5.74) is 0. The predicted octanol–water partition coefficient (Wildman–Crippen LogP) is 2.68. The fraction of sp³-hybridized carbons (Fsp3) is 0.444. The summed E-state index contributed by atoms with van der Waals surface area (Å²) in [6.45, 7) is 2.38. The monoisotopic (exact) mass is 188 g/mol. The summed E-state index contributed by atoms with van der Waals surface area (Å²) in [5.74, 6) is -4.37. The molecule has 0 saturated heterocycles. The molecule has 0 bridgehead atoms. The third-order valence-electron chi connectivity index (χ3n) is 1.63. The van der Waals surface area contributed by atoms with E-state index in [4.69, 9.17) is 4.42 Å². The molecule has 0 atom stereocenters. The van der Waals surface area contributed by atoms with Crippen LogP contribution in [0.1, 0.15) is 30.2 Å². The Balaban J connectivity index is 2.90. The molecule has 0 N–H and O–H groups in total. The van der Waals surface area contributed by atoms with E-state index >= 15 is 0 Å². The number of halogens is 2. The lowest BCUT2D eigenvalue weighted by Gasteiger charge is -2.05. The van der Waals surface area contributed by atoms with E-state index in [-0.39, 0.29) is 5.76 Å². The van der Waals surface area contributed by atoms with Gasteiger partial charge < -0.3 is 4.42 Å². The van der Waals surface area contributed by atoms with Crippen LogP contribution in [0.25, 0.3) is 0 Å². The molecule has 0 aliphatic rings. The van der Waals surface area contributed by atoms with Crippen LogP contribution < -0.4 is 0 Å². The maximum Gasteiger partial charge on any atom is 0.310 e. The Morgan fingerprint density at radius 2 is 2.15 bits per heavy atom. The first-order valence-electron chi connectivity index (χ1n) is 3.96. The molecule has 0 saturated carbocycles. The van der Waals surface area contributed by atoms with Gasteiger partial charge in [-0.2, -0.15) is 8.78 Å². The highest BCUT2D eigenvalue weighted by atomic mass is 19.3. The molecule has 0 amide bonds. The van der Waals surface area contributed by atoms with Gasteiger partial charge in [0.1, 0.15) is 5.76 Å². The Labute approximate surface area is 74.5 Å². The Morgan fingerprint density at radius 1 is 1.54 bits per heavy atom. The highest BCUT2D eigenvalue weighted by Gasteiger charge is 2.35. The van der Waals surface area contributed by atoms with Crippen molar-refractivity contribution in [2.45, 2.75) is 26.2 Å². The molecule has 0 aromatic carbocycles. The summed E-state index contributed by atoms with van der Waals surface area (Å²) in [6.07, 6.45) is 0.586. The zero-order valence-electron chi connectivity index (χ0n) is 7.43. The number of ketones is 1. The van der Waals surface area contributed by atoms with E-state index in [1.54, 1.807) is 0 Å². The molecule has 72 valence electrons. The number of Topliss-reactive ketones (excluding diaryl/α,β-unsaturated/α-hetero) is 1. The van der Waals surface area contributed by atoms with Gasteiger partial charge in [-0.25, -0.2) is 0 Å². The van der Waals surface area contributed by atoms with E-state index in [1.807, 2.05) is 6.92 Å². The molecule has 2 nitrogen and oxygen atoms in total. The van der Waals surface area contributed by atoms with Crippen molar-refractivity contribution in [1.29, 1.82) is 0 Å². The minimum absolute atomic E-state index is 0.274. The van der Waals surface area contributed by atoms with Crippen molar-refractivity contribution in [2.24, 2.45) is 0 Å². The van der Waals surface area contributed by atoms with Gasteiger partial charge in [-0.15, -0.1) is 0 Å². The molecule has 1 rings (SSSR count). The third-order valence-corrected chi connectivity index (χ3v) is 1.63. The molecular formula is C9H10F2O2. The van der Waals surface area contributed by atoms with E-state index in [2.05, 4.69) is 0 Å². The number of furan rings is 1. The predicted molar refractivity (Wildman–Crippen MR) is 43.0 cm³/mol. The van der Waals surface area contributed by atoms with Crippen LogP contribution >= 0.6 is 0 Å². The summed E-state index contributed by atoms with van der Waals surface area (Å²) in [7, 11) is 0. The largest absolute Gasteiger partial charge is 0.458 e. The topological polar surface area (TPSA) is 30.2 Å². The van der Waals surface area contributed by atoms with Crippen LogP contribution in [0.2, 0.25) is 0 Å². The first kappa shape index (κ1) is 9.89. The van der Waals surface area contributed by atoms with Gasteiger partial charge in [0.25, 0.3) is 5.78 Å². The van der Waals surface area contributed by atoms with Crippen LogP contribution in [-0.4, -0.2) is 11.7 Å². The minimum Gasteiger partial charge on any atom is -0.458 e. The van der Waals surface area contributed by atoms with Crippen LogP contribution in [0.15, 0.2) is 16.5 Å². The normalized spacial score (nSPS) is 11.7. The summed E-state index contributed by atoms with van der Waals surface area (Å²) in [6, 6.07) is 2.80. The summed E-state index contributed by atoms with van der Waals surface area (Å²) in [5, 5.41) is 0. The van der Waals surface area contributed by atoms with Crippen molar-refractivity contribution in [3.05, 3.63) is 23.7 Å². The van der Waals surface area contributed by atoms with Crippen molar-refractivity contribution in [3.63, 3.8) is 0 Å². The van der Waals surface area contributed by atoms with Crippen molar-refractivity contribution < 1.29 is 18.0 Å². The second kappa shape index (κ2) is 3.28. The van der Waals surface area contributed by atoms with Crippen LogP contribution in [-0.2, 0) is 6.42 Å². The molecular weight excluding hydrogens is 178 g/mol. The molecule has 0 unspecified atom stereocenters. The Hall–Kier alpha value is -1.19. The van der Waals surface area contributed by atoms with E-state index in [0.29, 0.717) is 19.1 Å². The van der Waals surface area contributed by atoms with Crippen molar-refractivity contribution in [2.75, 3.05) is 0 Å². The Bertz CT molecular complexity index is 310. The highest BCUT2D eigenvalue weighted by Crippen LogP contribution is 2.20. The van der Waals surface area contributed by atoms with Gasteiger partial charge in [-0.1, -0.05) is 6.92 Å². The maximum absolute atomic E-state index is 12.5. The summed E-state index contributed by atoms with van der Waals surface area (Å²) >= 11 is 0. The number of hydrogen-bond donors (Lipinski definition) is 0. The number of hydrogen-bond acceptors (Lipinski definition) is 2. The fourth-order valence-electron chi connectivity index (χ4n) is 0.906. The molecule has 1 aromatic heterocycles. The van der Waals surface area contributed by atoms with Gasteiger partial charge in [0.05, 0.1) is 0 Å². The quantitative estimate of drug-likeness (QED) is 0.682. The van der Waals surface area contributed by atoms with Gasteiger partial charge >= 0.3 is 5.92 Å². The number of carbonyl (C=O) groups is 1. The summed E-state index contributed by atoms with van der Waals surface area (Å²) < 4.78 is 29.9. The lowest BCUT2D eigenvalue weighted by molar-refractivity contribution is 0.0194. The van der Waals surface area contributed by atoms with Gasteiger partial charge in [-0.05, 0) is 12.1 Å². The second-order valence-electron chi connectivity index (χ2n) is 2.84. The summed E-state index contributed by atoms with van der Waals surface area (Å²) in [4.78, 5) is 11.0. The van der Waals surface area contributed by atoms with E-state index in [1.165, 1.54) is 12.1 Å². The molecule has 0 radical (unpaired) electrons. The van der Waals surface area contributed by atoms with Gasteiger partial charge in [0, 0.05) is 13.3 Å². The van der Waals surface area contributed by atoms with Gasteiger partial charge in [-0.3, -0.25) is 4.79 Å². The zero-order valence-corrected chi connectivity index (χ0v) is 7.43.